The zero-order valence-corrected chi connectivity index (χ0v) is 13.6. The Labute approximate surface area is 142 Å². The maximum atomic E-state index is 13.4. The number of aromatic nitrogens is 4. The molecule has 0 radical (unpaired) electrons. The van der Waals surface area contributed by atoms with Crippen molar-refractivity contribution < 1.29 is 18.3 Å². The van der Waals surface area contributed by atoms with Crippen molar-refractivity contribution in [3.8, 4) is 17.3 Å². The summed E-state index contributed by atoms with van der Waals surface area (Å²) in [7, 11) is 0. The number of ether oxygens (including phenoxy) is 1. The van der Waals surface area contributed by atoms with Gasteiger partial charge in [-0.1, -0.05) is 17.2 Å². The number of anilines is 1. The first-order valence-corrected chi connectivity index (χ1v) is 7.59. The second-order valence-electron chi connectivity index (χ2n) is 5.43. The molecule has 0 fully saturated rings. The Hall–Kier alpha value is -3.23. The lowest BCUT2D eigenvalue weighted by molar-refractivity contribution is -0.118. The van der Waals surface area contributed by atoms with Crippen molar-refractivity contribution in [3.63, 3.8) is 0 Å². The summed E-state index contributed by atoms with van der Waals surface area (Å²) >= 11 is 0. The van der Waals surface area contributed by atoms with Gasteiger partial charge >= 0.3 is 6.01 Å². The van der Waals surface area contributed by atoms with Gasteiger partial charge in [-0.25, -0.2) is 4.39 Å². The SMILES string of the molecule is CC(C)n1nccc1-c1nnc(NC(=O)COc2ccccc2F)o1. The van der Waals surface area contributed by atoms with Crippen LogP contribution >= 0.6 is 0 Å². The lowest BCUT2D eigenvalue weighted by Crippen LogP contribution is -2.20. The molecule has 0 atom stereocenters. The number of nitrogens with zero attached hydrogens (tertiary/aromatic N) is 4. The molecule has 1 amide bonds. The monoisotopic (exact) mass is 345 g/mol. The van der Waals surface area contributed by atoms with Gasteiger partial charge in [0.25, 0.3) is 11.8 Å². The third kappa shape index (κ3) is 3.82. The molecule has 0 unspecified atom stereocenters. The number of nitrogens with one attached hydrogen (secondary N) is 1. The Morgan fingerprint density at radius 1 is 1.32 bits per heavy atom. The van der Waals surface area contributed by atoms with Gasteiger partial charge in [0.1, 0.15) is 5.69 Å². The van der Waals surface area contributed by atoms with Crippen molar-refractivity contribution >= 4 is 11.9 Å². The Morgan fingerprint density at radius 3 is 2.88 bits per heavy atom. The number of carbonyl (C=O) groups excluding carboxylic acids is 1. The van der Waals surface area contributed by atoms with Crippen LogP contribution in [0.25, 0.3) is 11.6 Å². The lowest BCUT2D eigenvalue weighted by atomic mass is 10.3. The van der Waals surface area contributed by atoms with E-state index < -0.39 is 11.7 Å². The molecule has 0 aliphatic rings. The molecular formula is C16H16FN5O3. The zero-order valence-electron chi connectivity index (χ0n) is 13.6. The quantitative estimate of drug-likeness (QED) is 0.738. The van der Waals surface area contributed by atoms with Crippen LogP contribution in [0.15, 0.2) is 40.9 Å². The molecule has 0 bridgehead atoms. The van der Waals surface area contributed by atoms with Gasteiger partial charge in [-0.3, -0.25) is 14.8 Å². The van der Waals surface area contributed by atoms with Crippen LogP contribution in [0, 0.1) is 5.82 Å². The second kappa shape index (κ2) is 7.12. The van der Waals surface area contributed by atoms with Gasteiger partial charge in [-0.15, -0.1) is 5.10 Å². The van der Waals surface area contributed by atoms with Crippen LogP contribution < -0.4 is 10.1 Å². The molecule has 0 saturated heterocycles. The summed E-state index contributed by atoms with van der Waals surface area (Å²) in [6.45, 7) is 3.55. The minimum atomic E-state index is -0.546. The number of hydrogen-bond donors (Lipinski definition) is 1. The summed E-state index contributed by atoms with van der Waals surface area (Å²) < 4.78 is 25.7. The highest BCUT2D eigenvalue weighted by atomic mass is 19.1. The first-order valence-electron chi connectivity index (χ1n) is 7.59. The molecule has 25 heavy (non-hydrogen) atoms. The van der Waals surface area contributed by atoms with Crippen molar-refractivity contribution in [3.05, 3.63) is 42.3 Å². The standard InChI is InChI=1S/C16H16FN5O3/c1-10(2)22-12(7-8-18-22)15-20-21-16(25-15)19-14(23)9-24-13-6-4-3-5-11(13)17/h3-8,10H,9H2,1-2H3,(H,19,21,23). The van der Waals surface area contributed by atoms with E-state index in [-0.39, 0.29) is 30.3 Å². The van der Waals surface area contributed by atoms with E-state index in [9.17, 15) is 9.18 Å². The van der Waals surface area contributed by atoms with Crippen LogP contribution in [0.1, 0.15) is 19.9 Å². The fraction of sp³-hybridized carbons (Fsp3) is 0.250. The van der Waals surface area contributed by atoms with Gasteiger partial charge in [0.15, 0.2) is 18.2 Å². The molecule has 3 aromatic rings. The summed E-state index contributed by atoms with van der Waals surface area (Å²) in [5.41, 5.74) is 0.644. The maximum absolute atomic E-state index is 13.4. The van der Waals surface area contributed by atoms with E-state index in [0.29, 0.717) is 5.69 Å². The predicted octanol–water partition coefficient (Wildman–Crippen LogP) is 2.67. The highest BCUT2D eigenvalue weighted by molar-refractivity contribution is 5.89. The van der Waals surface area contributed by atoms with E-state index in [0.717, 1.165) is 0 Å². The molecule has 2 heterocycles. The predicted molar refractivity (Wildman–Crippen MR) is 86.4 cm³/mol. The van der Waals surface area contributed by atoms with Crippen LogP contribution in [0.2, 0.25) is 0 Å². The van der Waals surface area contributed by atoms with Gasteiger partial charge < -0.3 is 9.15 Å². The molecule has 0 aliphatic heterocycles. The third-order valence-electron chi connectivity index (χ3n) is 3.25. The van der Waals surface area contributed by atoms with Gasteiger partial charge in [0, 0.05) is 12.2 Å². The van der Waals surface area contributed by atoms with Gasteiger partial charge in [0.05, 0.1) is 0 Å². The molecule has 3 rings (SSSR count). The molecule has 0 aliphatic carbocycles. The molecule has 0 spiro atoms. The van der Waals surface area contributed by atoms with Crippen LogP contribution in [-0.2, 0) is 4.79 Å². The van der Waals surface area contributed by atoms with Crippen molar-refractivity contribution in [2.24, 2.45) is 0 Å². The summed E-state index contributed by atoms with van der Waals surface area (Å²) in [4.78, 5) is 11.9. The third-order valence-corrected chi connectivity index (χ3v) is 3.25. The van der Waals surface area contributed by atoms with Crippen LogP contribution in [0.5, 0.6) is 5.75 Å². The molecule has 9 heteroatoms. The minimum absolute atomic E-state index is 0.00953. The highest BCUT2D eigenvalue weighted by Gasteiger charge is 2.16. The smallest absolute Gasteiger partial charge is 0.322 e. The van der Waals surface area contributed by atoms with Crippen LogP contribution in [-0.4, -0.2) is 32.5 Å². The second-order valence-corrected chi connectivity index (χ2v) is 5.43. The highest BCUT2D eigenvalue weighted by Crippen LogP contribution is 2.22. The normalized spacial score (nSPS) is 10.9. The Bertz CT molecular complexity index is 874. The van der Waals surface area contributed by atoms with Gasteiger partial charge in [-0.2, -0.15) is 5.10 Å². The van der Waals surface area contributed by atoms with Gasteiger partial charge in [-0.05, 0) is 32.0 Å². The van der Waals surface area contributed by atoms with E-state index in [1.54, 1.807) is 23.0 Å². The van der Waals surface area contributed by atoms with Gasteiger partial charge in [0.2, 0.25) is 0 Å². The van der Waals surface area contributed by atoms with E-state index in [1.165, 1.54) is 18.2 Å². The number of para-hydroxylation sites is 1. The van der Waals surface area contributed by atoms with E-state index in [4.69, 9.17) is 9.15 Å². The van der Waals surface area contributed by atoms with Crippen LogP contribution in [0.4, 0.5) is 10.4 Å². The van der Waals surface area contributed by atoms with E-state index in [1.807, 2.05) is 13.8 Å². The van der Waals surface area contributed by atoms with Crippen molar-refractivity contribution in [2.45, 2.75) is 19.9 Å². The fourth-order valence-corrected chi connectivity index (χ4v) is 2.13. The first kappa shape index (κ1) is 16.6. The average molecular weight is 345 g/mol. The summed E-state index contributed by atoms with van der Waals surface area (Å²) in [6.07, 6.45) is 1.63. The molecule has 1 N–H and O–H groups in total. The first-order chi connectivity index (χ1) is 12.0. The summed E-state index contributed by atoms with van der Waals surface area (Å²) in [5.74, 6) is -0.866. The van der Waals surface area contributed by atoms with Crippen LogP contribution in [0.3, 0.4) is 0 Å². The number of benzene rings is 1. The van der Waals surface area contributed by atoms with Crippen molar-refractivity contribution in [1.82, 2.24) is 20.0 Å². The number of hydrogen-bond acceptors (Lipinski definition) is 6. The lowest BCUT2D eigenvalue weighted by Gasteiger charge is -2.07. The number of amides is 1. The zero-order chi connectivity index (χ0) is 17.8. The minimum Gasteiger partial charge on any atom is -0.481 e. The summed E-state index contributed by atoms with van der Waals surface area (Å²) in [5, 5.41) is 14.2. The topological polar surface area (TPSA) is 95.1 Å². The molecule has 1 aromatic carbocycles. The average Bonchev–Trinajstić information content (AvgIpc) is 3.22. The van der Waals surface area contributed by atoms with Crippen molar-refractivity contribution in [1.29, 1.82) is 0 Å². The number of carbonyl (C=O) groups is 1. The number of rotatable bonds is 6. The van der Waals surface area contributed by atoms with E-state index >= 15 is 0 Å². The molecule has 130 valence electrons. The molecular weight excluding hydrogens is 329 g/mol. The maximum Gasteiger partial charge on any atom is 0.322 e. The fourth-order valence-electron chi connectivity index (χ4n) is 2.13. The number of halogens is 1. The van der Waals surface area contributed by atoms with Crippen molar-refractivity contribution in [2.75, 3.05) is 11.9 Å². The molecule has 2 aromatic heterocycles. The largest absolute Gasteiger partial charge is 0.481 e. The Morgan fingerprint density at radius 2 is 2.12 bits per heavy atom. The Balaban J connectivity index is 1.62. The summed E-state index contributed by atoms with van der Waals surface area (Å²) in [6, 6.07) is 7.59. The molecule has 8 nitrogen and oxygen atoms in total. The Kier molecular flexibility index (Phi) is 4.73. The van der Waals surface area contributed by atoms with E-state index in [2.05, 4.69) is 20.6 Å². The molecule has 0 saturated carbocycles.